The van der Waals surface area contributed by atoms with Crippen LogP contribution >= 0.6 is 0 Å². The Morgan fingerprint density at radius 3 is 2.70 bits per heavy atom. The lowest BCUT2D eigenvalue weighted by atomic mass is 10.1. The highest BCUT2D eigenvalue weighted by Gasteiger charge is 2.09. The first-order valence-corrected chi connectivity index (χ1v) is 10.3. The lowest BCUT2D eigenvalue weighted by molar-refractivity contribution is 0.145. The van der Waals surface area contributed by atoms with Crippen LogP contribution in [0.25, 0.3) is 10.9 Å². The molecule has 160 valence electrons. The number of H-pyrrole nitrogens is 1. The van der Waals surface area contributed by atoms with Gasteiger partial charge in [0, 0.05) is 49.4 Å². The number of benzene rings is 2. The molecule has 3 N–H and O–H groups in total. The zero-order valence-electron chi connectivity index (χ0n) is 18.3. The van der Waals surface area contributed by atoms with Crippen LogP contribution in [0.2, 0.25) is 0 Å². The van der Waals surface area contributed by atoms with Crippen molar-refractivity contribution < 1.29 is 9.47 Å². The molecule has 0 aliphatic heterocycles. The standard InChI is InChI=1S/C24H32N4O2/c1-17-9-10-19(23(15-17)30-14-13-29-4)16-27-24(25-3)26-12-11-20-18(2)28-22-8-6-5-7-21(20)22/h5-10,15,28H,11-14,16H2,1-4H3,(H2,25,26,27). The smallest absolute Gasteiger partial charge is 0.191 e. The molecule has 0 aliphatic rings. The van der Waals surface area contributed by atoms with E-state index in [0.717, 1.165) is 30.2 Å². The summed E-state index contributed by atoms with van der Waals surface area (Å²) in [5, 5.41) is 8.09. The number of fused-ring (bicyclic) bond motifs is 1. The van der Waals surface area contributed by atoms with Gasteiger partial charge in [0.05, 0.1) is 6.61 Å². The SMILES string of the molecule is CN=C(NCCc1c(C)[nH]c2ccccc12)NCc1ccc(C)cc1OCCOC. The summed E-state index contributed by atoms with van der Waals surface area (Å²) >= 11 is 0. The summed E-state index contributed by atoms with van der Waals surface area (Å²) in [4.78, 5) is 7.82. The maximum Gasteiger partial charge on any atom is 0.191 e. The number of guanidine groups is 1. The number of hydrogen-bond acceptors (Lipinski definition) is 3. The third kappa shape index (κ3) is 5.54. The van der Waals surface area contributed by atoms with E-state index in [2.05, 4.69) is 76.9 Å². The topological polar surface area (TPSA) is 70.7 Å². The number of aromatic amines is 1. The minimum absolute atomic E-state index is 0.532. The average Bonchev–Trinajstić information content (AvgIpc) is 3.07. The minimum atomic E-state index is 0.532. The van der Waals surface area contributed by atoms with E-state index in [-0.39, 0.29) is 0 Å². The minimum Gasteiger partial charge on any atom is -0.491 e. The second-order valence-electron chi connectivity index (χ2n) is 7.33. The molecule has 0 amide bonds. The first kappa shape index (κ1) is 21.7. The lowest BCUT2D eigenvalue weighted by Gasteiger charge is -2.15. The first-order valence-electron chi connectivity index (χ1n) is 10.3. The predicted molar refractivity (Wildman–Crippen MR) is 123 cm³/mol. The molecular formula is C24H32N4O2. The second kappa shape index (κ2) is 10.7. The van der Waals surface area contributed by atoms with Gasteiger partial charge in [-0.3, -0.25) is 4.99 Å². The van der Waals surface area contributed by atoms with Crippen molar-refractivity contribution in [1.29, 1.82) is 0 Å². The number of aliphatic imine (C=N–C) groups is 1. The van der Waals surface area contributed by atoms with Crippen molar-refractivity contribution in [2.24, 2.45) is 4.99 Å². The molecule has 0 saturated heterocycles. The fourth-order valence-corrected chi connectivity index (χ4v) is 3.54. The number of aryl methyl sites for hydroxylation is 2. The Bertz CT molecular complexity index is 994. The van der Waals surface area contributed by atoms with Gasteiger partial charge in [-0.15, -0.1) is 0 Å². The molecule has 6 nitrogen and oxygen atoms in total. The van der Waals surface area contributed by atoms with Gasteiger partial charge in [0.2, 0.25) is 0 Å². The van der Waals surface area contributed by atoms with Crippen molar-refractivity contribution in [3.63, 3.8) is 0 Å². The number of nitrogens with zero attached hydrogens (tertiary/aromatic N) is 1. The number of ether oxygens (including phenoxy) is 2. The van der Waals surface area contributed by atoms with Gasteiger partial charge in [-0.05, 0) is 43.5 Å². The van der Waals surface area contributed by atoms with Crippen molar-refractivity contribution in [3.05, 3.63) is 64.8 Å². The molecular weight excluding hydrogens is 376 g/mol. The van der Waals surface area contributed by atoms with Gasteiger partial charge in [0.25, 0.3) is 0 Å². The summed E-state index contributed by atoms with van der Waals surface area (Å²) in [7, 11) is 3.47. The molecule has 0 radical (unpaired) electrons. The number of rotatable bonds is 9. The molecule has 0 unspecified atom stereocenters. The quantitative estimate of drug-likeness (QED) is 0.287. The monoisotopic (exact) mass is 408 g/mol. The molecule has 0 atom stereocenters. The molecule has 2 aromatic carbocycles. The molecule has 3 aromatic rings. The van der Waals surface area contributed by atoms with Gasteiger partial charge in [-0.2, -0.15) is 0 Å². The average molecular weight is 409 g/mol. The Labute approximate surface area is 178 Å². The van der Waals surface area contributed by atoms with Gasteiger partial charge in [-0.1, -0.05) is 30.3 Å². The molecule has 6 heteroatoms. The van der Waals surface area contributed by atoms with Crippen molar-refractivity contribution in [1.82, 2.24) is 15.6 Å². The Morgan fingerprint density at radius 1 is 1.07 bits per heavy atom. The maximum atomic E-state index is 5.88. The number of aromatic nitrogens is 1. The summed E-state index contributed by atoms with van der Waals surface area (Å²) < 4.78 is 11.0. The summed E-state index contributed by atoms with van der Waals surface area (Å²) in [5.74, 6) is 1.65. The lowest BCUT2D eigenvalue weighted by Crippen LogP contribution is -2.38. The Hall–Kier alpha value is -2.99. The molecule has 0 aliphatic carbocycles. The predicted octanol–water partition coefficient (Wildman–Crippen LogP) is 3.72. The number of nitrogens with one attached hydrogen (secondary N) is 3. The summed E-state index contributed by atoms with van der Waals surface area (Å²) in [6.45, 7) is 6.72. The summed E-state index contributed by atoms with van der Waals surface area (Å²) in [5.41, 5.74) is 6.02. The van der Waals surface area contributed by atoms with Crippen LogP contribution in [-0.2, 0) is 17.7 Å². The highest BCUT2D eigenvalue weighted by Crippen LogP contribution is 2.22. The second-order valence-corrected chi connectivity index (χ2v) is 7.33. The van der Waals surface area contributed by atoms with Crippen LogP contribution in [0.1, 0.15) is 22.4 Å². The van der Waals surface area contributed by atoms with E-state index in [9.17, 15) is 0 Å². The molecule has 0 saturated carbocycles. The zero-order valence-corrected chi connectivity index (χ0v) is 18.3. The van der Waals surface area contributed by atoms with E-state index in [1.807, 2.05) is 0 Å². The maximum absolute atomic E-state index is 5.88. The Balaban J connectivity index is 1.56. The Morgan fingerprint density at radius 2 is 1.90 bits per heavy atom. The van der Waals surface area contributed by atoms with Gasteiger partial charge in [0.15, 0.2) is 5.96 Å². The summed E-state index contributed by atoms with van der Waals surface area (Å²) in [6.07, 6.45) is 0.923. The van der Waals surface area contributed by atoms with E-state index in [0.29, 0.717) is 19.8 Å². The molecule has 0 bridgehead atoms. The van der Waals surface area contributed by atoms with Gasteiger partial charge in [-0.25, -0.2) is 0 Å². The van der Waals surface area contributed by atoms with E-state index < -0.39 is 0 Å². The zero-order chi connectivity index (χ0) is 21.3. The van der Waals surface area contributed by atoms with Crippen molar-refractivity contribution >= 4 is 16.9 Å². The first-order chi connectivity index (χ1) is 14.6. The highest BCUT2D eigenvalue weighted by atomic mass is 16.5. The van der Waals surface area contributed by atoms with Crippen LogP contribution < -0.4 is 15.4 Å². The van der Waals surface area contributed by atoms with Crippen LogP contribution in [0.4, 0.5) is 0 Å². The van der Waals surface area contributed by atoms with Crippen molar-refractivity contribution in [3.8, 4) is 5.75 Å². The third-order valence-electron chi connectivity index (χ3n) is 5.13. The molecule has 1 heterocycles. The number of methoxy groups -OCH3 is 1. The third-order valence-corrected chi connectivity index (χ3v) is 5.13. The molecule has 30 heavy (non-hydrogen) atoms. The fraction of sp³-hybridized carbons (Fsp3) is 0.375. The van der Waals surface area contributed by atoms with Crippen LogP contribution in [0.15, 0.2) is 47.5 Å². The van der Waals surface area contributed by atoms with Crippen LogP contribution in [-0.4, -0.2) is 44.9 Å². The largest absolute Gasteiger partial charge is 0.491 e. The number of hydrogen-bond donors (Lipinski definition) is 3. The normalized spacial score (nSPS) is 11.7. The molecule has 1 aromatic heterocycles. The van der Waals surface area contributed by atoms with E-state index >= 15 is 0 Å². The van der Waals surface area contributed by atoms with Crippen molar-refractivity contribution in [2.75, 3.05) is 33.9 Å². The van der Waals surface area contributed by atoms with E-state index in [4.69, 9.17) is 9.47 Å². The van der Waals surface area contributed by atoms with Crippen molar-refractivity contribution in [2.45, 2.75) is 26.8 Å². The van der Waals surface area contributed by atoms with E-state index in [1.54, 1.807) is 14.2 Å². The summed E-state index contributed by atoms with van der Waals surface area (Å²) in [6, 6.07) is 14.7. The van der Waals surface area contributed by atoms with E-state index in [1.165, 1.54) is 27.7 Å². The fourth-order valence-electron chi connectivity index (χ4n) is 3.54. The highest BCUT2D eigenvalue weighted by molar-refractivity contribution is 5.84. The molecule has 3 rings (SSSR count). The molecule has 0 fully saturated rings. The van der Waals surface area contributed by atoms with Gasteiger partial charge < -0.3 is 25.1 Å². The Kier molecular flexibility index (Phi) is 7.74. The van der Waals surface area contributed by atoms with Crippen LogP contribution in [0.5, 0.6) is 5.75 Å². The van der Waals surface area contributed by atoms with Crippen LogP contribution in [0.3, 0.4) is 0 Å². The number of para-hydroxylation sites is 1. The van der Waals surface area contributed by atoms with Crippen LogP contribution in [0, 0.1) is 13.8 Å². The molecule has 0 spiro atoms. The van der Waals surface area contributed by atoms with Gasteiger partial charge in [0.1, 0.15) is 12.4 Å². The van der Waals surface area contributed by atoms with Gasteiger partial charge >= 0.3 is 0 Å².